The zero-order valence-electron chi connectivity index (χ0n) is 11.8. The van der Waals surface area contributed by atoms with Gasteiger partial charge < -0.3 is 14.7 Å². The second-order valence-corrected chi connectivity index (χ2v) is 5.16. The van der Waals surface area contributed by atoms with Crippen LogP contribution in [0, 0.1) is 5.92 Å². The summed E-state index contributed by atoms with van der Waals surface area (Å²) in [6, 6.07) is 7.13. The normalized spacial score (nSPS) is 19.7. The van der Waals surface area contributed by atoms with Crippen molar-refractivity contribution in [3.63, 3.8) is 0 Å². The molecule has 20 heavy (non-hydrogen) atoms. The van der Waals surface area contributed by atoms with Crippen molar-refractivity contribution in [3.05, 3.63) is 42.5 Å². The molecule has 2 rings (SSSR count). The lowest BCUT2D eigenvalue weighted by molar-refractivity contribution is 0.0762. The van der Waals surface area contributed by atoms with Crippen molar-refractivity contribution in [1.29, 1.82) is 0 Å². The summed E-state index contributed by atoms with van der Waals surface area (Å²) in [5.41, 5.74) is 0.655. The molecule has 1 N–H and O–H groups in total. The van der Waals surface area contributed by atoms with E-state index in [1.54, 1.807) is 42.2 Å². The van der Waals surface area contributed by atoms with Gasteiger partial charge in [-0.25, -0.2) is 0 Å². The molecular weight excluding hydrogens is 254 g/mol. The first-order chi connectivity index (χ1) is 9.61. The Hall–Kier alpha value is -1.81. The van der Waals surface area contributed by atoms with Gasteiger partial charge in [-0.1, -0.05) is 12.7 Å². The summed E-state index contributed by atoms with van der Waals surface area (Å²) in [6.07, 6.45) is 2.19. The van der Waals surface area contributed by atoms with Crippen LogP contribution in [0.3, 0.4) is 0 Å². The number of carbonyl (C=O) groups excluding carboxylic acids is 1. The maximum Gasteiger partial charge on any atom is 0.253 e. The van der Waals surface area contributed by atoms with Gasteiger partial charge in [-0.15, -0.1) is 0 Å². The Balaban J connectivity index is 1.97. The molecule has 0 bridgehead atoms. The Morgan fingerprint density at radius 2 is 2.25 bits per heavy atom. The molecule has 1 aliphatic heterocycles. The molecule has 1 saturated heterocycles. The quantitative estimate of drug-likeness (QED) is 0.837. The largest absolute Gasteiger partial charge is 0.490 e. The van der Waals surface area contributed by atoms with Crippen molar-refractivity contribution >= 4 is 5.91 Å². The standard InChI is InChI=1S/C16H21NO3/c1-3-10-20-15-6-4-13(5-7-15)16(19)17-9-8-14(11-17)12(2)18/h3-7,12,14,18H,1,8-11H2,2H3. The fraction of sp³-hybridized carbons (Fsp3) is 0.438. The van der Waals surface area contributed by atoms with Crippen molar-refractivity contribution in [2.24, 2.45) is 5.92 Å². The molecule has 1 aliphatic rings. The number of ether oxygens (including phenoxy) is 1. The smallest absolute Gasteiger partial charge is 0.253 e. The minimum atomic E-state index is -0.359. The Kier molecular flexibility index (Phi) is 4.79. The average molecular weight is 275 g/mol. The minimum absolute atomic E-state index is 0.0171. The number of nitrogens with zero attached hydrogens (tertiary/aromatic N) is 1. The summed E-state index contributed by atoms with van der Waals surface area (Å²) in [6.45, 7) is 7.17. The second kappa shape index (κ2) is 6.57. The van der Waals surface area contributed by atoms with Gasteiger partial charge in [0.1, 0.15) is 12.4 Å². The monoisotopic (exact) mass is 275 g/mol. The third kappa shape index (κ3) is 3.39. The number of likely N-dealkylation sites (tertiary alicyclic amines) is 1. The van der Waals surface area contributed by atoms with E-state index in [1.165, 1.54) is 0 Å². The fourth-order valence-corrected chi connectivity index (χ4v) is 2.40. The van der Waals surface area contributed by atoms with E-state index in [4.69, 9.17) is 4.74 Å². The number of hydrogen-bond acceptors (Lipinski definition) is 3. The van der Waals surface area contributed by atoms with Crippen LogP contribution in [0.4, 0.5) is 0 Å². The number of carbonyl (C=O) groups is 1. The number of rotatable bonds is 5. The van der Waals surface area contributed by atoms with Gasteiger partial charge in [-0.3, -0.25) is 4.79 Å². The SMILES string of the molecule is C=CCOc1ccc(C(=O)N2CCC(C(C)O)C2)cc1. The highest BCUT2D eigenvalue weighted by Gasteiger charge is 2.29. The molecule has 4 nitrogen and oxygen atoms in total. The van der Waals surface area contributed by atoms with Crippen molar-refractivity contribution in [3.8, 4) is 5.75 Å². The Bertz CT molecular complexity index is 467. The molecule has 0 aliphatic carbocycles. The topological polar surface area (TPSA) is 49.8 Å². The molecule has 0 radical (unpaired) electrons. The third-order valence-electron chi connectivity index (χ3n) is 3.66. The van der Waals surface area contributed by atoms with Gasteiger partial charge in [0.2, 0.25) is 0 Å². The number of amides is 1. The first-order valence-electron chi connectivity index (χ1n) is 6.93. The van der Waals surface area contributed by atoms with Gasteiger partial charge in [0.05, 0.1) is 6.10 Å². The van der Waals surface area contributed by atoms with E-state index in [0.717, 1.165) is 12.2 Å². The van der Waals surface area contributed by atoms with Gasteiger partial charge in [0.15, 0.2) is 0 Å². The van der Waals surface area contributed by atoms with Gasteiger partial charge in [0.25, 0.3) is 5.91 Å². The van der Waals surface area contributed by atoms with E-state index >= 15 is 0 Å². The number of benzene rings is 1. The summed E-state index contributed by atoms with van der Waals surface area (Å²) in [5.74, 6) is 0.933. The molecule has 108 valence electrons. The molecule has 0 spiro atoms. The summed E-state index contributed by atoms with van der Waals surface area (Å²) in [4.78, 5) is 14.1. The predicted molar refractivity (Wildman–Crippen MR) is 77.8 cm³/mol. The lowest BCUT2D eigenvalue weighted by Crippen LogP contribution is -2.30. The maximum absolute atomic E-state index is 12.3. The zero-order chi connectivity index (χ0) is 14.5. The van der Waals surface area contributed by atoms with Crippen LogP contribution in [0.15, 0.2) is 36.9 Å². The van der Waals surface area contributed by atoms with Crippen LogP contribution < -0.4 is 4.74 Å². The van der Waals surface area contributed by atoms with Crippen molar-refractivity contribution in [2.45, 2.75) is 19.4 Å². The van der Waals surface area contributed by atoms with Crippen LogP contribution in [0.5, 0.6) is 5.75 Å². The van der Waals surface area contributed by atoms with E-state index in [0.29, 0.717) is 25.3 Å². The average Bonchev–Trinajstić information content (AvgIpc) is 2.95. The van der Waals surface area contributed by atoms with E-state index in [-0.39, 0.29) is 17.9 Å². The molecule has 1 amide bonds. The van der Waals surface area contributed by atoms with E-state index in [1.807, 2.05) is 0 Å². The number of hydrogen-bond donors (Lipinski definition) is 1. The highest BCUT2D eigenvalue weighted by atomic mass is 16.5. The Morgan fingerprint density at radius 1 is 1.55 bits per heavy atom. The highest BCUT2D eigenvalue weighted by molar-refractivity contribution is 5.94. The molecule has 4 heteroatoms. The van der Waals surface area contributed by atoms with Crippen LogP contribution in [0.1, 0.15) is 23.7 Å². The summed E-state index contributed by atoms with van der Waals surface area (Å²) >= 11 is 0. The van der Waals surface area contributed by atoms with Crippen LogP contribution in [-0.2, 0) is 0 Å². The molecule has 0 aromatic heterocycles. The lowest BCUT2D eigenvalue weighted by Gasteiger charge is -2.18. The molecule has 0 saturated carbocycles. The van der Waals surface area contributed by atoms with Crippen LogP contribution >= 0.6 is 0 Å². The summed E-state index contributed by atoms with van der Waals surface area (Å²) < 4.78 is 5.39. The Labute approximate surface area is 119 Å². The van der Waals surface area contributed by atoms with Gasteiger partial charge in [-0.2, -0.15) is 0 Å². The maximum atomic E-state index is 12.3. The molecule has 1 aromatic carbocycles. The van der Waals surface area contributed by atoms with Crippen LogP contribution in [-0.4, -0.2) is 41.7 Å². The highest BCUT2D eigenvalue weighted by Crippen LogP contribution is 2.22. The minimum Gasteiger partial charge on any atom is -0.490 e. The van der Waals surface area contributed by atoms with E-state index < -0.39 is 0 Å². The van der Waals surface area contributed by atoms with E-state index in [2.05, 4.69) is 6.58 Å². The van der Waals surface area contributed by atoms with Crippen LogP contribution in [0.25, 0.3) is 0 Å². The molecule has 1 heterocycles. The molecule has 1 fully saturated rings. The Morgan fingerprint density at radius 3 is 2.80 bits per heavy atom. The molecule has 2 unspecified atom stereocenters. The van der Waals surface area contributed by atoms with E-state index in [9.17, 15) is 9.90 Å². The van der Waals surface area contributed by atoms with Crippen molar-refractivity contribution in [2.75, 3.05) is 19.7 Å². The molecule has 2 atom stereocenters. The zero-order valence-corrected chi connectivity index (χ0v) is 11.8. The fourth-order valence-electron chi connectivity index (χ4n) is 2.40. The second-order valence-electron chi connectivity index (χ2n) is 5.16. The van der Waals surface area contributed by atoms with Crippen molar-refractivity contribution < 1.29 is 14.6 Å². The molecule has 1 aromatic rings. The van der Waals surface area contributed by atoms with Gasteiger partial charge in [0, 0.05) is 24.6 Å². The third-order valence-corrected chi connectivity index (χ3v) is 3.66. The number of aliphatic hydroxyl groups is 1. The summed E-state index contributed by atoms with van der Waals surface area (Å²) in [7, 11) is 0. The first-order valence-corrected chi connectivity index (χ1v) is 6.93. The number of aliphatic hydroxyl groups excluding tert-OH is 1. The van der Waals surface area contributed by atoms with Gasteiger partial charge in [-0.05, 0) is 37.6 Å². The summed E-state index contributed by atoms with van der Waals surface area (Å²) in [5, 5.41) is 9.58. The predicted octanol–water partition coefficient (Wildman–Crippen LogP) is 2.09. The first kappa shape index (κ1) is 14.6. The lowest BCUT2D eigenvalue weighted by atomic mass is 10.0. The van der Waals surface area contributed by atoms with Crippen molar-refractivity contribution in [1.82, 2.24) is 4.90 Å². The van der Waals surface area contributed by atoms with Gasteiger partial charge >= 0.3 is 0 Å². The molecular formula is C16H21NO3. The van der Waals surface area contributed by atoms with Crippen LogP contribution in [0.2, 0.25) is 0 Å².